The standard InChI is InChI=1S/C23H22Cl2N2O/c24-19-12-11-18(15-20(19)25)27(23(28)14-9-16-5-1-2-6-16)22-13-10-17-7-3-4-8-21(17)26-22/h3-4,7-8,10-13,15-16H,1-2,5-6,9,14H2. The van der Waals surface area contributed by atoms with Crippen LogP contribution in [0, 0.1) is 5.92 Å². The molecule has 1 aliphatic carbocycles. The zero-order valence-corrected chi connectivity index (χ0v) is 17.1. The minimum Gasteiger partial charge on any atom is -0.274 e. The van der Waals surface area contributed by atoms with Crippen LogP contribution in [0.25, 0.3) is 10.9 Å². The lowest BCUT2D eigenvalue weighted by atomic mass is 10.0. The van der Waals surface area contributed by atoms with Gasteiger partial charge in [-0.15, -0.1) is 0 Å². The molecule has 1 amide bonds. The Morgan fingerprint density at radius 1 is 1.00 bits per heavy atom. The third-order valence-electron chi connectivity index (χ3n) is 5.46. The molecule has 5 heteroatoms. The van der Waals surface area contributed by atoms with Crippen molar-refractivity contribution in [1.82, 2.24) is 4.98 Å². The van der Waals surface area contributed by atoms with Crippen molar-refractivity contribution >= 4 is 51.5 Å². The Hall–Kier alpha value is -2.10. The first-order valence-electron chi connectivity index (χ1n) is 9.75. The average Bonchev–Trinajstić information content (AvgIpc) is 3.23. The number of rotatable bonds is 5. The van der Waals surface area contributed by atoms with Gasteiger partial charge in [0.15, 0.2) is 0 Å². The Kier molecular flexibility index (Phi) is 5.84. The van der Waals surface area contributed by atoms with E-state index in [2.05, 4.69) is 0 Å². The fourth-order valence-corrected chi connectivity index (χ4v) is 4.24. The van der Waals surface area contributed by atoms with E-state index in [0.29, 0.717) is 33.9 Å². The van der Waals surface area contributed by atoms with E-state index in [9.17, 15) is 4.79 Å². The largest absolute Gasteiger partial charge is 0.274 e. The van der Waals surface area contributed by atoms with Crippen LogP contribution in [0.5, 0.6) is 0 Å². The van der Waals surface area contributed by atoms with Crippen molar-refractivity contribution in [1.29, 1.82) is 0 Å². The fourth-order valence-electron chi connectivity index (χ4n) is 3.95. The van der Waals surface area contributed by atoms with Gasteiger partial charge in [-0.1, -0.05) is 67.1 Å². The molecule has 1 aliphatic rings. The molecule has 0 N–H and O–H groups in total. The van der Waals surface area contributed by atoms with Crippen molar-refractivity contribution in [2.45, 2.75) is 38.5 Å². The lowest BCUT2D eigenvalue weighted by Gasteiger charge is -2.23. The Labute approximate surface area is 175 Å². The summed E-state index contributed by atoms with van der Waals surface area (Å²) < 4.78 is 0. The Balaban J connectivity index is 1.68. The van der Waals surface area contributed by atoms with E-state index in [1.54, 1.807) is 17.0 Å². The molecule has 0 unspecified atom stereocenters. The summed E-state index contributed by atoms with van der Waals surface area (Å²) in [5, 5.41) is 1.93. The van der Waals surface area contributed by atoms with Crippen molar-refractivity contribution in [2.24, 2.45) is 5.92 Å². The van der Waals surface area contributed by atoms with Crippen LogP contribution in [0.15, 0.2) is 54.6 Å². The Bertz CT molecular complexity index is 999. The smallest absolute Gasteiger partial charge is 0.232 e. The molecule has 1 aromatic heterocycles. The first-order valence-corrected chi connectivity index (χ1v) is 10.5. The molecule has 1 saturated carbocycles. The Morgan fingerprint density at radius 3 is 2.57 bits per heavy atom. The van der Waals surface area contributed by atoms with Gasteiger partial charge in [0.25, 0.3) is 0 Å². The van der Waals surface area contributed by atoms with E-state index in [1.165, 1.54) is 25.7 Å². The van der Waals surface area contributed by atoms with Gasteiger partial charge in [-0.05, 0) is 48.7 Å². The molecule has 0 radical (unpaired) electrons. The van der Waals surface area contributed by atoms with Crippen LogP contribution in [0.3, 0.4) is 0 Å². The first kappa shape index (κ1) is 19.2. The average molecular weight is 413 g/mol. The predicted octanol–water partition coefficient (Wildman–Crippen LogP) is 7.18. The van der Waals surface area contributed by atoms with E-state index in [1.807, 2.05) is 42.5 Å². The highest BCUT2D eigenvalue weighted by molar-refractivity contribution is 6.42. The maximum atomic E-state index is 13.2. The minimum atomic E-state index is 0.0353. The van der Waals surface area contributed by atoms with E-state index in [0.717, 1.165) is 17.3 Å². The molecule has 3 aromatic rings. The van der Waals surface area contributed by atoms with Crippen molar-refractivity contribution in [3.8, 4) is 0 Å². The van der Waals surface area contributed by atoms with Gasteiger partial charge in [-0.3, -0.25) is 9.69 Å². The number of halogens is 2. The predicted molar refractivity (Wildman–Crippen MR) is 117 cm³/mol. The molecule has 1 heterocycles. The van der Waals surface area contributed by atoms with E-state index in [-0.39, 0.29) is 5.91 Å². The second-order valence-electron chi connectivity index (χ2n) is 7.38. The van der Waals surface area contributed by atoms with Gasteiger partial charge in [0.1, 0.15) is 5.82 Å². The quantitative estimate of drug-likeness (QED) is 0.444. The SMILES string of the molecule is O=C(CCC1CCCC1)N(c1ccc(Cl)c(Cl)c1)c1ccc2ccccc2n1. The van der Waals surface area contributed by atoms with Gasteiger partial charge in [-0.25, -0.2) is 4.98 Å². The maximum Gasteiger partial charge on any atom is 0.232 e. The highest BCUT2D eigenvalue weighted by atomic mass is 35.5. The molecule has 144 valence electrons. The third kappa shape index (κ3) is 4.16. The topological polar surface area (TPSA) is 33.2 Å². The summed E-state index contributed by atoms with van der Waals surface area (Å²) >= 11 is 12.3. The molecule has 4 rings (SSSR count). The zero-order valence-electron chi connectivity index (χ0n) is 15.6. The van der Waals surface area contributed by atoms with Crippen molar-refractivity contribution in [2.75, 3.05) is 4.90 Å². The molecule has 3 nitrogen and oxygen atoms in total. The number of aromatic nitrogens is 1. The normalized spacial score (nSPS) is 14.5. The number of carbonyl (C=O) groups excluding carboxylic acids is 1. The number of nitrogens with zero attached hydrogens (tertiary/aromatic N) is 2. The number of benzene rings is 2. The number of amides is 1. The number of anilines is 2. The molecule has 0 aliphatic heterocycles. The number of carbonyl (C=O) groups is 1. The van der Waals surface area contributed by atoms with Gasteiger partial charge >= 0.3 is 0 Å². The van der Waals surface area contributed by atoms with E-state index < -0.39 is 0 Å². The minimum absolute atomic E-state index is 0.0353. The van der Waals surface area contributed by atoms with Gasteiger partial charge in [0, 0.05) is 11.8 Å². The first-order chi connectivity index (χ1) is 13.6. The molecular weight excluding hydrogens is 391 g/mol. The second kappa shape index (κ2) is 8.50. The number of hydrogen-bond acceptors (Lipinski definition) is 2. The van der Waals surface area contributed by atoms with E-state index >= 15 is 0 Å². The summed E-state index contributed by atoms with van der Waals surface area (Å²) in [6.07, 6.45) is 6.44. The van der Waals surface area contributed by atoms with Crippen LogP contribution in [0.2, 0.25) is 10.0 Å². The van der Waals surface area contributed by atoms with Crippen LogP contribution in [-0.4, -0.2) is 10.9 Å². The van der Waals surface area contributed by atoms with Crippen molar-refractivity contribution < 1.29 is 4.79 Å². The number of fused-ring (bicyclic) bond motifs is 1. The van der Waals surface area contributed by atoms with Crippen LogP contribution in [-0.2, 0) is 4.79 Å². The molecule has 0 saturated heterocycles. The highest BCUT2D eigenvalue weighted by Gasteiger charge is 2.23. The summed E-state index contributed by atoms with van der Waals surface area (Å²) in [5.41, 5.74) is 1.54. The molecule has 0 atom stereocenters. The fraction of sp³-hybridized carbons (Fsp3) is 0.304. The third-order valence-corrected chi connectivity index (χ3v) is 6.20. The molecule has 0 bridgehead atoms. The van der Waals surface area contributed by atoms with Crippen LogP contribution in [0.1, 0.15) is 38.5 Å². The number of pyridine rings is 1. The zero-order chi connectivity index (χ0) is 19.5. The number of hydrogen-bond donors (Lipinski definition) is 0. The van der Waals surface area contributed by atoms with Crippen molar-refractivity contribution in [3.05, 3.63) is 64.6 Å². The molecule has 2 aromatic carbocycles. The van der Waals surface area contributed by atoms with Gasteiger partial charge in [-0.2, -0.15) is 0 Å². The molecule has 0 spiro atoms. The maximum absolute atomic E-state index is 13.2. The highest BCUT2D eigenvalue weighted by Crippen LogP contribution is 2.34. The second-order valence-corrected chi connectivity index (χ2v) is 8.19. The van der Waals surface area contributed by atoms with Gasteiger partial charge < -0.3 is 0 Å². The molecule has 1 fully saturated rings. The summed E-state index contributed by atoms with van der Waals surface area (Å²) in [5.74, 6) is 1.30. The van der Waals surface area contributed by atoms with Gasteiger partial charge in [0.2, 0.25) is 5.91 Å². The summed E-state index contributed by atoms with van der Waals surface area (Å²) in [4.78, 5) is 19.6. The van der Waals surface area contributed by atoms with Gasteiger partial charge in [0.05, 0.1) is 21.2 Å². The summed E-state index contributed by atoms with van der Waals surface area (Å²) in [6, 6.07) is 17.0. The monoisotopic (exact) mass is 412 g/mol. The van der Waals surface area contributed by atoms with Crippen molar-refractivity contribution in [3.63, 3.8) is 0 Å². The van der Waals surface area contributed by atoms with E-state index in [4.69, 9.17) is 28.2 Å². The Morgan fingerprint density at radius 2 is 1.79 bits per heavy atom. The lowest BCUT2D eigenvalue weighted by Crippen LogP contribution is -2.27. The summed E-state index contributed by atoms with van der Waals surface area (Å²) in [7, 11) is 0. The number of para-hydroxylation sites is 1. The lowest BCUT2D eigenvalue weighted by molar-refractivity contribution is -0.118. The van der Waals surface area contributed by atoms with Crippen LogP contribution in [0.4, 0.5) is 11.5 Å². The molecule has 28 heavy (non-hydrogen) atoms. The van der Waals surface area contributed by atoms with Crippen LogP contribution < -0.4 is 4.90 Å². The summed E-state index contributed by atoms with van der Waals surface area (Å²) in [6.45, 7) is 0. The van der Waals surface area contributed by atoms with Crippen LogP contribution >= 0.6 is 23.2 Å². The molecular formula is C23H22Cl2N2O.